The van der Waals surface area contributed by atoms with Crippen LogP contribution in [0.25, 0.3) is 0 Å². The summed E-state index contributed by atoms with van der Waals surface area (Å²) in [6.07, 6.45) is 0.620. The van der Waals surface area contributed by atoms with E-state index in [2.05, 4.69) is 4.74 Å². The lowest BCUT2D eigenvalue weighted by Crippen LogP contribution is -2.45. The summed E-state index contributed by atoms with van der Waals surface area (Å²) in [5.74, 6) is -1.22. The van der Waals surface area contributed by atoms with Gasteiger partial charge in [-0.3, -0.25) is 24.1 Å². The van der Waals surface area contributed by atoms with E-state index in [0.29, 0.717) is 6.42 Å². The molecule has 144 valence electrons. The Bertz CT molecular complexity index is 523. The number of nitrogens with zero attached hydrogens (tertiary/aromatic N) is 1. The Labute approximate surface area is 150 Å². The van der Waals surface area contributed by atoms with Gasteiger partial charge in [-0.05, 0) is 41.5 Å². The van der Waals surface area contributed by atoms with Crippen molar-refractivity contribution >= 4 is 23.8 Å². The summed E-state index contributed by atoms with van der Waals surface area (Å²) in [7, 11) is 0. The third kappa shape index (κ3) is 8.77. The van der Waals surface area contributed by atoms with Gasteiger partial charge >= 0.3 is 11.9 Å². The lowest BCUT2D eigenvalue weighted by molar-refractivity contribution is -0.153. The highest BCUT2D eigenvalue weighted by molar-refractivity contribution is 6.04. The topological polar surface area (TPSA) is 107 Å². The highest BCUT2D eigenvalue weighted by Crippen LogP contribution is 2.26. The minimum absolute atomic E-state index is 0. The molecule has 0 saturated carbocycles. The standard InChI is InChI=1S/C9H15NO2.C5H6O3.C4H11N/c1-6-5-7(11)10(8(6)12)9(2,3)4;1-3-2-4(6)8-5(3)7;1-4(2,3)5/h6H,5H2,1-4H3;3H,2H2,1H3;5H2,1-3H3/t6-;3-;/m00./s1. The van der Waals surface area contributed by atoms with Crippen LogP contribution in [0.2, 0.25) is 0 Å². The van der Waals surface area contributed by atoms with Gasteiger partial charge in [0.15, 0.2) is 0 Å². The Kier molecular flexibility index (Phi) is 7.96. The molecule has 7 heteroatoms. The van der Waals surface area contributed by atoms with E-state index in [0.717, 1.165) is 0 Å². The van der Waals surface area contributed by atoms with Crippen LogP contribution in [-0.2, 0) is 23.9 Å². The van der Waals surface area contributed by atoms with Gasteiger partial charge in [0, 0.05) is 23.4 Å². The number of hydrogen-bond acceptors (Lipinski definition) is 6. The molecule has 0 aromatic carbocycles. The fraction of sp³-hybridized carbons (Fsp3) is 0.778. The van der Waals surface area contributed by atoms with Crippen LogP contribution in [0, 0.1) is 11.8 Å². The van der Waals surface area contributed by atoms with Crippen molar-refractivity contribution in [2.45, 2.75) is 79.3 Å². The summed E-state index contributed by atoms with van der Waals surface area (Å²) in [5, 5.41) is 0. The van der Waals surface area contributed by atoms with E-state index in [1.54, 1.807) is 13.8 Å². The molecule has 2 aliphatic heterocycles. The van der Waals surface area contributed by atoms with Crippen LogP contribution >= 0.6 is 0 Å². The van der Waals surface area contributed by atoms with Crippen LogP contribution in [0.5, 0.6) is 0 Å². The second kappa shape index (κ2) is 8.56. The van der Waals surface area contributed by atoms with Crippen molar-refractivity contribution < 1.29 is 23.9 Å². The van der Waals surface area contributed by atoms with Crippen molar-refractivity contribution in [1.82, 2.24) is 4.90 Å². The van der Waals surface area contributed by atoms with Crippen molar-refractivity contribution in [3.8, 4) is 0 Å². The minimum atomic E-state index is -0.400. The SMILES string of the molecule is CC(C)(C)N.C[C@H]1CC(=O)N(C(C)(C)C)C1=O.C[C@H]1CC(=O)OC1=O. The number of imide groups is 1. The Morgan fingerprint density at radius 2 is 1.36 bits per heavy atom. The Morgan fingerprint density at radius 3 is 1.48 bits per heavy atom. The Morgan fingerprint density at radius 1 is 0.920 bits per heavy atom. The van der Waals surface area contributed by atoms with Crippen LogP contribution in [0.15, 0.2) is 0 Å². The quantitative estimate of drug-likeness (QED) is 0.404. The molecule has 25 heavy (non-hydrogen) atoms. The first-order valence-electron chi connectivity index (χ1n) is 8.44. The number of amides is 2. The number of rotatable bonds is 0. The fourth-order valence-electron chi connectivity index (χ4n) is 2.08. The van der Waals surface area contributed by atoms with Crippen LogP contribution in [0.4, 0.5) is 0 Å². The zero-order valence-corrected chi connectivity index (χ0v) is 16.6. The molecule has 0 spiro atoms. The molecular formula is C18H32N2O5. The van der Waals surface area contributed by atoms with Gasteiger partial charge in [-0.25, -0.2) is 0 Å². The highest BCUT2D eigenvalue weighted by Gasteiger charge is 2.41. The van der Waals surface area contributed by atoms with Gasteiger partial charge in [-0.2, -0.15) is 0 Å². The van der Waals surface area contributed by atoms with Crippen molar-refractivity contribution in [1.29, 1.82) is 0 Å². The van der Waals surface area contributed by atoms with Gasteiger partial charge in [-0.15, -0.1) is 0 Å². The second-order valence-electron chi connectivity index (χ2n) is 8.61. The number of nitrogens with two attached hydrogens (primary N) is 1. The number of ether oxygens (including phenoxy) is 1. The van der Waals surface area contributed by atoms with Gasteiger partial charge in [0.1, 0.15) is 0 Å². The monoisotopic (exact) mass is 356 g/mol. The molecule has 0 unspecified atom stereocenters. The molecule has 2 aliphatic rings. The van der Waals surface area contributed by atoms with E-state index in [1.807, 2.05) is 41.5 Å². The van der Waals surface area contributed by atoms with E-state index >= 15 is 0 Å². The number of hydrogen-bond donors (Lipinski definition) is 1. The van der Waals surface area contributed by atoms with Gasteiger partial charge in [-0.1, -0.05) is 13.8 Å². The fourth-order valence-corrected chi connectivity index (χ4v) is 2.08. The summed E-state index contributed by atoms with van der Waals surface area (Å²) < 4.78 is 4.20. The Hall–Kier alpha value is -1.76. The average molecular weight is 356 g/mol. The lowest BCUT2D eigenvalue weighted by atomic mass is 10.1. The average Bonchev–Trinajstić information content (AvgIpc) is 2.76. The van der Waals surface area contributed by atoms with E-state index in [9.17, 15) is 19.2 Å². The summed E-state index contributed by atoms with van der Waals surface area (Å²) in [4.78, 5) is 44.7. The third-order valence-electron chi connectivity index (χ3n) is 3.13. The molecule has 2 atom stereocenters. The van der Waals surface area contributed by atoms with Gasteiger partial charge in [0.25, 0.3) is 0 Å². The second-order valence-corrected chi connectivity index (χ2v) is 8.61. The van der Waals surface area contributed by atoms with Gasteiger partial charge in [0.2, 0.25) is 11.8 Å². The summed E-state index contributed by atoms with van der Waals surface area (Å²) in [6.45, 7) is 15.0. The first-order chi connectivity index (χ1) is 11.0. The number of likely N-dealkylation sites (tertiary alicyclic amines) is 1. The highest BCUT2D eigenvalue weighted by atomic mass is 16.6. The predicted octanol–water partition coefficient (Wildman–Crippen LogP) is 2.02. The third-order valence-corrected chi connectivity index (χ3v) is 3.13. The van der Waals surface area contributed by atoms with Gasteiger partial charge in [0.05, 0.1) is 12.3 Å². The molecule has 7 nitrogen and oxygen atoms in total. The van der Waals surface area contributed by atoms with Crippen molar-refractivity contribution in [3.63, 3.8) is 0 Å². The molecular weight excluding hydrogens is 324 g/mol. The molecule has 2 heterocycles. The largest absolute Gasteiger partial charge is 0.393 e. The summed E-state index contributed by atoms with van der Waals surface area (Å²) in [6, 6.07) is 0. The number of esters is 2. The predicted molar refractivity (Wildman–Crippen MR) is 94.2 cm³/mol. The van der Waals surface area contributed by atoms with E-state index in [1.165, 1.54) is 4.90 Å². The molecule has 2 saturated heterocycles. The zero-order valence-electron chi connectivity index (χ0n) is 16.6. The first kappa shape index (κ1) is 23.2. The van der Waals surface area contributed by atoms with Crippen LogP contribution < -0.4 is 5.73 Å². The van der Waals surface area contributed by atoms with E-state index in [4.69, 9.17) is 5.73 Å². The number of carbonyl (C=O) groups is 4. The zero-order chi connectivity index (χ0) is 20.2. The maximum absolute atomic E-state index is 11.5. The minimum Gasteiger partial charge on any atom is -0.393 e. The van der Waals surface area contributed by atoms with Crippen molar-refractivity contribution in [2.24, 2.45) is 17.6 Å². The number of carbonyl (C=O) groups excluding carboxylic acids is 4. The number of cyclic esters (lactones) is 2. The molecule has 0 bridgehead atoms. The maximum Gasteiger partial charge on any atom is 0.316 e. The Balaban J connectivity index is 0.000000382. The molecule has 0 radical (unpaired) electrons. The van der Waals surface area contributed by atoms with E-state index in [-0.39, 0.29) is 41.1 Å². The maximum atomic E-state index is 11.5. The molecule has 0 aromatic rings. The first-order valence-corrected chi connectivity index (χ1v) is 8.44. The normalized spacial score (nSPS) is 23.6. The van der Waals surface area contributed by atoms with Crippen LogP contribution in [0.1, 0.15) is 68.2 Å². The van der Waals surface area contributed by atoms with Crippen LogP contribution in [0.3, 0.4) is 0 Å². The molecule has 0 aromatic heterocycles. The molecule has 2 fully saturated rings. The van der Waals surface area contributed by atoms with Crippen molar-refractivity contribution in [2.75, 3.05) is 0 Å². The van der Waals surface area contributed by atoms with Gasteiger partial charge < -0.3 is 10.5 Å². The van der Waals surface area contributed by atoms with Crippen molar-refractivity contribution in [3.05, 3.63) is 0 Å². The lowest BCUT2D eigenvalue weighted by Gasteiger charge is -2.29. The molecule has 2 N–H and O–H groups in total. The molecule has 0 aliphatic carbocycles. The summed E-state index contributed by atoms with van der Waals surface area (Å²) in [5.41, 5.74) is 4.99. The molecule has 2 amide bonds. The van der Waals surface area contributed by atoms with E-state index < -0.39 is 11.9 Å². The smallest absolute Gasteiger partial charge is 0.316 e. The summed E-state index contributed by atoms with van der Waals surface area (Å²) >= 11 is 0. The van der Waals surface area contributed by atoms with Crippen LogP contribution in [-0.4, -0.2) is 39.7 Å². The molecule has 2 rings (SSSR count).